The van der Waals surface area contributed by atoms with E-state index in [-0.39, 0.29) is 5.75 Å². The predicted octanol–water partition coefficient (Wildman–Crippen LogP) is 2.41. The molecular formula is C10H7IO3. The summed E-state index contributed by atoms with van der Waals surface area (Å²) in [5.41, 5.74) is 0.760. The number of aromatic hydroxyl groups is 1. The summed E-state index contributed by atoms with van der Waals surface area (Å²) in [5, 5.41) is 10.4. The van der Waals surface area contributed by atoms with E-state index in [1.165, 1.54) is 6.07 Å². The van der Waals surface area contributed by atoms with Gasteiger partial charge in [0.1, 0.15) is 11.3 Å². The Labute approximate surface area is 93.5 Å². The Bertz CT molecular complexity index is 557. The van der Waals surface area contributed by atoms with Gasteiger partial charge in [-0.25, -0.2) is 4.79 Å². The normalized spacial score (nSPS) is 10.7. The lowest BCUT2D eigenvalue weighted by Gasteiger charge is -2.03. The monoisotopic (exact) mass is 302 g/mol. The molecule has 2 aromatic rings. The molecule has 0 bridgehead atoms. The van der Waals surface area contributed by atoms with Gasteiger partial charge in [-0.05, 0) is 47.2 Å². The van der Waals surface area contributed by atoms with E-state index in [1.807, 2.05) is 22.6 Å². The molecule has 72 valence electrons. The maximum absolute atomic E-state index is 11.1. The summed E-state index contributed by atoms with van der Waals surface area (Å²) in [6, 6.07) is 4.77. The number of hydrogen-bond donors (Lipinski definition) is 1. The van der Waals surface area contributed by atoms with Gasteiger partial charge < -0.3 is 9.52 Å². The first kappa shape index (κ1) is 9.51. The third-order valence-electron chi connectivity index (χ3n) is 2.03. The Balaban J connectivity index is 3.03. The van der Waals surface area contributed by atoms with Crippen LogP contribution < -0.4 is 5.63 Å². The third kappa shape index (κ3) is 1.39. The molecule has 0 spiro atoms. The molecule has 1 aromatic heterocycles. The zero-order valence-electron chi connectivity index (χ0n) is 7.37. The van der Waals surface area contributed by atoms with Crippen molar-refractivity contribution in [2.24, 2.45) is 0 Å². The van der Waals surface area contributed by atoms with Crippen molar-refractivity contribution in [3.63, 3.8) is 0 Å². The van der Waals surface area contributed by atoms with Gasteiger partial charge in [0, 0.05) is 6.07 Å². The number of halogens is 1. The molecule has 3 nitrogen and oxygen atoms in total. The fraction of sp³-hybridized carbons (Fsp3) is 0.100. The van der Waals surface area contributed by atoms with Crippen molar-refractivity contribution < 1.29 is 9.52 Å². The second-order valence-corrected chi connectivity index (χ2v) is 4.18. The van der Waals surface area contributed by atoms with Crippen LogP contribution in [-0.2, 0) is 0 Å². The molecule has 0 amide bonds. The van der Waals surface area contributed by atoms with Crippen LogP contribution in [-0.4, -0.2) is 5.11 Å². The fourth-order valence-corrected chi connectivity index (χ4v) is 1.85. The van der Waals surface area contributed by atoms with Gasteiger partial charge in [-0.15, -0.1) is 0 Å². The van der Waals surface area contributed by atoms with Crippen molar-refractivity contribution in [1.29, 1.82) is 0 Å². The molecule has 0 aliphatic heterocycles. The van der Waals surface area contributed by atoms with E-state index in [4.69, 9.17) is 4.42 Å². The summed E-state index contributed by atoms with van der Waals surface area (Å²) >= 11 is 2.03. The first-order valence-electron chi connectivity index (χ1n) is 4.01. The van der Waals surface area contributed by atoms with Gasteiger partial charge in [-0.1, -0.05) is 0 Å². The maximum atomic E-state index is 11.1. The third-order valence-corrected chi connectivity index (χ3v) is 2.90. The van der Waals surface area contributed by atoms with Crippen molar-refractivity contribution in [3.05, 3.63) is 37.8 Å². The number of aryl methyl sites for hydroxylation is 1. The van der Waals surface area contributed by atoms with Gasteiger partial charge in [-0.2, -0.15) is 0 Å². The Kier molecular flexibility index (Phi) is 2.22. The Morgan fingerprint density at radius 2 is 2.14 bits per heavy atom. The highest BCUT2D eigenvalue weighted by atomic mass is 127. The summed E-state index contributed by atoms with van der Waals surface area (Å²) in [6.07, 6.45) is 0. The fourth-order valence-electron chi connectivity index (χ4n) is 1.40. The van der Waals surface area contributed by atoms with Crippen LogP contribution in [0.15, 0.2) is 27.4 Å². The topological polar surface area (TPSA) is 50.4 Å². The standard InChI is InChI=1S/C10H7IO3/c1-5-4-8(12)14-7-3-2-6(11)10(13)9(5)7/h2-4,13H,1H3. The van der Waals surface area contributed by atoms with E-state index in [9.17, 15) is 9.90 Å². The van der Waals surface area contributed by atoms with Crippen LogP contribution in [0.3, 0.4) is 0 Å². The molecule has 0 saturated heterocycles. The number of benzene rings is 1. The lowest BCUT2D eigenvalue weighted by atomic mass is 10.1. The second-order valence-electron chi connectivity index (χ2n) is 3.02. The lowest BCUT2D eigenvalue weighted by Crippen LogP contribution is -1.98. The number of phenols is 1. The SMILES string of the molecule is Cc1cc(=O)oc2ccc(I)c(O)c12. The maximum Gasteiger partial charge on any atom is 0.336 e. The summed E-state index contributed by atoms with van der Waals surface area (Å²) in [6.45, 7) is 1.77. The summed E-state index contributed by atoms with van der Waals surface area (Å²) < 4.78 is 5.70. The smallest absolute Gasteiger partial charge is 0.336 e. The zero-order chi connectivity index (χ0) is 10.3. The highest BCUT2D eigenvalue weighted by Gasteiger charge is 2.09. The molecule has 1 heterocycles. The molecule has 0 aliphatic carbocycles. The summed E-state index contributed by atoms with van der Waals surface area (Å²) in [4.78, 5) is 11.1. The predicted molar refractivity (Wildman–Crippen MR) is 61.6 cm³/mol. The van der Waals surface area contributed by atoms with Gasteiger partial charge in [0.25, 0.3) is 0 Å². The minimum atomic E-state index is -0.393. The Morgan fingerprint density at radius 1 is 1.43 bits per heavy atom. The Hall–Kier alpha value is -1.04. The van der Waals surface area contributed by atoms with E-state index in [1.54, 1.807) is 19.1 Å². The van der Waals surface area contributed by atoms with Crippen LogP contribution in [0, 0.1) is 10.5 Å². The highest BCUT2D eigenvalue weighted by molar-refractivity contribution is 14.1. The molecule has 0 fully saturated rings. The molecule has 1 aromatic carbocycles. The molecule has 0 unspecified atom stereocenters. The average Bonchev–Trinajstić information content (AvgIpc) is 2.10. The molecule has 4 heteroatoms. The van der Waals surface area contributed by atoms with Crippen molar-refractivity contribution in [2.75, 3.05) is 0 Å². The molecule has 0 atom stereocenters. The van der Waals surface area contributed by atoms with E-state index in [2.05, 4.69) is 0 Å². The van der Waals surface area contributed by atoms with Crippen molar-refractivity contribution in [1.82, 2.24) is 0 Å². The van der Waals surface area contributed by atoms with Crippen molar-refractivity contribution >= 4 is 33.6 Å². The van der Waals surface area contributed by atoms with E-state index in [0.717, 1.165) is 9.13 Å². The molecule has 2 rings (SSSR count). The van der Waals surface area contributed by atoms with Gasteiger partial charge in [0.05, 0.1) is 8.96 Å². The van der Waals surface area contributed by atoms with Gasteiger partial charge in [0.2, 0.25) is 0 Å². The van der Waals surface area contributed by atoms with Crippen molar-refractivity contribution in [2.45, 2.75) is 6.92 Å². The summed E-state index contributed by atoms with van der Waals surface area (Å²) in [7, 11) is 0. The second kappa shape index (κ2) is 3.27. The number of phenolic OH excluding ortho intramolecular Hbond substituents is 1. The first-order chi connectivity index (χ1) is 6.59. The van der Waals surface area contributed by atoms with Crippen LogP contribution >= 0.6 is 22.6 Å². The average molecular weight is 302 g/mol. The molecule has 0 saturated carbocycles. The molecule has 0 aliphatic rings. The molecule has 14 heavy (non-hydrogen) atoms. The van der Waals surface area contributed by atoms with Crippen LogP contribution in [0.2, 0.25) is 0 Å². The summed E-state index contributed by atoms with van der Waals surface area (Å²) in [5.74, 6) is 0.171. The Morgan fingerprint density at radius 3 is 2.86 bits per heavy atom. The van der Waals surface area contributed by atoms with Gasteiger partial charge in [-0.3, -0.25) is 0 Å². The highest BCUT2D eigenvalue weighted by Crippen LogP contribution is 2.30. The minimum absolute atomic E-state index is 0.171. The minimum Gasteiger partial charge on any atom is -0.506 e. The van der Waals surface area contributed by atoms with Crippen LogP contribution in [0.4, 0.5) is 0 Å². The lowest BCUT2D eigenvalue weighted by molar-refractivity contribution is 0.475. The largest absolute Gasteiger partial charge is 0.506 e. The molecule has 0 radical (unpaired) electrons. The van der Waals surface area contributed by atoms with E-state index < -0.39 is 5.63 Å². The number of rotatable bonds is 0. The first-order valence-corrected chi connectivity index (χ1v) is 5.09. The van der Waals surface area contributed by atoms with Crippen LogP contribution in [0.1, 0.15) is 5.56 Å². The molecule has 1 N–H and O–H groups in total. The molecular weight excluding hydrogens is 295 g/mol. The van der Waals surface area contributed by atoms with Crippen LogP contribution in [0.5, 0.6) is 5.75 Å². The van der Waals surface area contributed by atoms with Crippen LogP contribution in [0.25, 0.3) is 11.0 Å². The van der Waals surface area contributed by atoms with Gasteiger partial charge >= 0.3 is 5.63 Å². The van der Waals surface area contributed by atoms with E-state index in [0.29, 0.717) is 11.0 Å². The van der Waals surface area contributed by atoms with E-state index >= 15 is 0 Å². The quantitative estimate of drug-likeness (QED) is 0.600. The number of hydrogen-bond acceptors (Lipinski definition) is 3. The van der Waals surface area contributed by atoms with Gasteiger partial charge in [0.15, 0.2) is 0 Å². The number of fused-ring (bicyclic) bond motifs is 1. The van der Waals surface area contributed by atoms with Crippen molar-refractivity contribution in [3.8, 4) is 5.75 Å². The zero-order valence-corrected chi connectivity index (χ0v) is 9.53.